The number of rotatable bonds is 7. The van der Waals surface area contributed by atoms with E-state index in [9.17, 15) is 14.4 Å². The number of amides is 1. The minimum absolute atomic E-state index is 0.0267. The second-order valence-electron chi connectivity index (χ2n) is 6.40. The van der Waals surface area contributed by atoms with Gasteiger partial charge in [-0.15, -0.1) is 22.7 Å². The molecule has 0 unspecified atom stereocenters. The zero-order valence-corrected chi connectivity index (χ0v) is 17.0. The topological polar surface area (TPSA) is 81.1 Å². The quantitative estimate of drug-likeness (QED) is 0.449. The first-order chi connectivity index (χ1) is 14.1. The number of hydrogen-bond donors (Lipinski definition) is 1. The predicted octanol–water partition coefficient (Wildman–Crippen LogP) is 4.31. The molecule has 0 aliphatic carbocycles. The summed E-state index contributed by atoms with van der Waals surface area (Å²) in [5.41, 5.74) is 3.98. The van der Waals surface area contributed by atoms with Crippen LogP contribution in [0, 0.1) is 0 Å². The van der Waals surface area contributed by atoms with Crippen molar-refractivity contribution in [1.82, 2.24) is 9.66 Å². The maximum Gasteiger partial charge on any atom is 0.281 e. The summed E-state index contributed by atoms with van der Waals surface area (Å²) in [4.78, 5) is 42.8. The predicted molar refractivity (Wildman–Crippen MR) is 116 cm³/mol. The summed E-state index contributed by atoms with van der Waals surface area (Å²) in [7, 11) is 0. The van der Waals surface area contributed by atoms with E-state index >= 15 is 0 Å². The second-order valence-corrected chi connectivity index (χ2v) is 8.21. The van der Waals surface area contributed by atoms with Crippen LogP contribution in [0.25, 0.3) is 21.3 Å². The molecule has 0 aliphatic rings. The Morgan fingerprint density at radius 1 is 1.03 bits per heavy atom. The SMILES string of the molecule is O=C(CCCC(=O)c1cccs1)Nn1cnc2scc(-c3ccccc3)c2c1=O. The molecule has 0 bridgehead atoms. The number of hydrogen-bond acceptors (Lipinski definition) is 6. The third kappa shape index (κ3) is 4.18. The number of thiophene rings is 2. The fraction of sp³-hybridized carbons (Fsp3) is 0.143. The molecule has 0 spiro atoms. The summed E-state index contributed by atoms with van der Waals surface area (Å²) in [6.45, 7) is 0. The van der Waals surface area contributed by atoms with Gasteiger partial charge < -0.3 is 0 Å². The van der Waals surface area contributed by atoms with Crippen LogP contribution < -0.4 is 11.0 Å². The van der Waals surface area contributed by atoms with Gasteiger partial charge in [0.15, 0.2) is 5.78 Å². The van der Waals surface area contributed by atoms with Gasteiger partial charge in [0.05, 0.1) is 10.3 Å². The van der Waals surface area contributed by atoms with Crippen molar-refractivity contribution < 1.29 is 9.59 Å². The van der Waals surface area contributed by atoms with Crippen LogP contribution in [-0.4, -0.2) is 21.4 Å². The molecular formula is C21H17N3O3S2. The smallest absolute Gasteiger partial charge is 0.281 e. The van der Waals surface area contributed by atoms with Crippen LogP contribution in [0.2, 0.25) is 0 Å². The van der Waals surface area contributed by atoms with Gasteiger partial charge in [0.1, 0.15) is 11.2 Å². The van der Waals surface area contributed by atoms with Crippen molar-refractivity contribution in [2.24, 2.45) is 0 Å². The fourth-order valence-electron chi connectivity index (χ4n) is 3.00. The Morgan fingerprint density at radius 2 is 1.86 bits per heavy atom. The average Bonchev–Trinajstić information content (AvgIpc) is 3.41. The Bertz CT molecular complexity index is 1210. The number of nitrogens with zero attached hydrogens (tertiary/aromatic N) is 2. The molecule has 0 saturated carbocycles. The van der Waals surface area contributed by atoms with E-state index in [1.165, 1.54) is 29.0 Å². The maximum atomic E-state index is 12.9. The standard InChI is InChI=1S/C21H17N3O3S2/c25-16(17-9-5-11-28-17)8-4-10-18(26)23-24-13-22-20-19(21(24)27)15(12-29-20)14-6-2-1-3-7-14/h1-3,5-7,9,11-13H,4,8,10H2,(H,23,26). The number of fused-ring (bicyclic) bond motifs is 1. The van der Waals surface area contributed by atoms with E-state index in [1.807, 2.05) is 47.2 Å². The largest absolute Gasteiger partial charge is 0.293 e. The lowest BCUT2D eigenvalue weighted by molar-refractivity contribution is -0.117. The van der Waals surface area contributed by atoms with Crippen molar-refractivity contribution in [1.29, 1.82) is 0 Å². The highest BCUT2D eigenvalue weighted by molar-refractivity contribution is 7.17. The molecule has 146 valence electrons. The Labute approximate surface area is 174 Å². The molecule has 6 nitrogen and oxygen atoms in total. The number of ketones is 1. The Kier molecular flexibility index (Phi) is 5.64. The normalized spacial score (nSPS) is 10.9. The Balaban J connectivity index is 1.47. The van der Waals surface area contributed by atoms with E-state index in [0.717, 1.165) is 15.8 Å². The van der Waals surface area contributed by atoms with Crippen molar-refractivity contribution in [3.05, 3.63) is 74.8 Å². The molecule has 0 saturated heterocycles. The van der Waals surface area contributed by atoms with E-state index in [0.29, 0.717) is 27.9 Å². The van der Waals surface area contributed by atoms with E-state index in [-0.39, 0.29) is 23.7 Å². The minimum Gasteiger partial charge on any atom is -0.293 e. The van der Waals surface area contributed by atoms with Gasteiger partial charge >= 0.3 is 0 Å². The molecule has 0 fully saturated rings. The first-order valence-electron chi connectivity index (χ1n) is 9.04. The lowest BCUT2D eigenvalue weighted by atomic mass is 10.1. The minimum atomic E-state index is -0.330. The summed E-state index contributed by atoms with van der Waals surface area (Å²) in [5, 5.41) is 4.23. The van der Waals surface area contributed by atoms with E-state index in [2.05, 4.69) is 10.4 Å². The van der Waals surface area contributed by atoms with Gasteiger partial charge in [0.2, 0.25) is 5.91 Å². The number of aromatic nitrogens is 2. The average molecular weight is 424 g/mol. The molecule has 8 heteroatoms. The summed E-state index contributed by atoms with van der Waals surface area (Å²) in [6.07, 6.45) is 2.19. The molecule has 0 radical (unpaired) electrons. The first-order valence-corrected chi connectivity index (χ1v) is 10.8. The van der Waals surface area contributed by atoms with E-state index < -0.39 is 0 Å². The van der Waals surface area contributed by atoms with Gasteiger partial charge in [-0.3, -0.25) is 19.8 Å². The van der Waals surface area contributed by atoms with Crippen LogP contribution >= 0.6 is 22.7 Å². The van der Waals surface area contributed by atoms with E-state index in [4.69, 9.17) is 0 Å². The zero-order chi connectivity index (χ0) is 20.2. The summed E-state index contributed by atoms with van der Waals surface area (Å²) in [6, 6.07) is 13.2. The molecule has 0 aliphatic heterocycles. The highest BCUT2D eigenvalue weighted by Crippen LogP contribution is 2.30. The first kappa shape index (κ1) is 19.2. The maximum absolute atomic E-state index is 12.9. The van der Waals surface area contributed by atoms with Crippen LogP contribution in [0.15, 0.2) is 64.3 Å². The van der Waals surface area contributed by atoms with Gasteiger partial charge in [0, 0.05) is 23.8 Å². The molecular weight excluding hydrogens is 406 g/mol. The lowest BCUT2D eigenvalue weighted by Gasteiger charge is -2.08. The van der Waals surface area contributed by atoms with Crippen molar-refractivity contribution in [2.75, 3.05) is 5.43 Å². The van der Waals surface area contributed by atoms with Crippen LogP contribution in [0.3, 0.4) is 0 Å². The van der Waals surface area contributed by atoms with Crippen molar-refractivity contribution in [3.63, 3.8) is 0 Å². The molecule has 1 amide bonds. The monoisotopic (exact) mass is 423 g/mol. The van der Waals surface area contributed by atoms with Crippen LogP contribution in [0.4, 0.5) is 0 Å². The third-order valence-electron chi connectivity index (χ3n) is 4.43. The van der Waals surface area contributed by atoms with Gasteiger partial charge in [-0.1, -0.05) is 36.4 Å². The fourth-order valence-corrected chi connectivity index (χ4v) is 4.60. The second kappa shape index (κ2) is 8.50. The van der Waals surface area contributed by atoms with Gasteiger partial charge in [-0.05, 0) is 23.4 Å². The molecule has 1 N–H and O–H groups in total. The number of Topliss-reactive ketones (excluding diaryl/α,β-unsaturated/α-hetero) is 1. The number of carbonyl (C=O) groups is 2. The molecule has 3 aromatic heterocycles. The number of benzene rings is 1. The van der Waals surface area contributed by atoms with Crippen LogP contribution in [0.1, 0.15) is 28.9 Å². The summed E-state index contributed by atoms with van der Waals surface area (Å²) < 4.78 is 1.12. The van der Waals surface area contributed by atoms with Crippen molar-refractivity contribution in [2.45, 2.75) is 19.3 Å². The Morgan fingerprint density at radius 3 is 2.62 bits per heavy atom. The van der Waals surface area contributed by atoms with Crippen LogP contribution in [-0.2, 0) is 4.79 Å². The molecule has 4 aromatic rings. The molecule has 29 heavy (non-hydrogen) atoms. The highest BCUT2D eigenvalue weighted by atomic mass is 32.1. The van der Waals surface area contributed by atoms with E-state index in [1.54, 1.807) is 6.07 Å². The van der Waals surface area contributed by atoms with Gasteiger partial charge in [-0.25, -0.2) is 9.66 Å². The zero-order valence-electron chi connectivity index (χ0n) is 15.3. The van der Waals surface area contributed by atoms with Crippen molar-refractivity contribution >= 4 is 44.6 Å². The van der Waals surface area contributed by atoms with Gasteiger partial charge in [0.25, 0.3) is 5.56 Å². The summed E-state index contributed by atoms with van der Waals surface area (Å²) >= 11 is 2.79. The highest BCUT2D eigenvalue weighted by Gasteiger charge is 2.14. The molecule has 4 rings (SSSR count). The lowest BCUT2D eigenvalue weighted by Crippen LogP contribution is -2.33. The number of carbonyl (C=O) groups excluding carboxylic acids is 2. The number of nitrogens with one attached hydrogen (secondary N) is 1. The summed E-state index contributed by atoms with van der Waals surface area (Å²) in [5.74, 6) is -0.303. The van der Waals surface area contributed by atoms with Crippen LogP contribution in [0.5, 0.6) is 0 Å². The molecule has 3 heterocycles. The third-order valence-corrected chi connectivity index (χ3v) is 6.23. The van der Waals surface area contributed by atoms with Crippen molar-refractivity contribution in [3.8, 4) is 11.1 Å². The van der Waals surface area contributed by atoms with Gasteiger partial charge in [-0.2, -0.15) is 0 Å². The molecule has 1 aromatic carbocycles. The molecule has 0 atom stereocenters. The Hall–Kier alpha value is -3.10.